The van der Waals surface area contributed by atoms with Crippen molar-refractivity contribution in [1.29, 1.82) is 0 Å². The zero-order valence-electron chi connectivity index (χ0n) is 13.1. The maximum atomic E-state index is 12.5. The van der Waals surface area contributed by atoms with Gasteiger partial charge in [0.1, 0.15) is 0 Å². The highest BCUT2D eigenvalue weighted by Crippen LogP contribution is 2.38. The number of nitrogens with zero attached hydrogens (tertiary/aromatic N) is 2. The predicted octanol–water partition coefficient (Wildman–Crippen LogP) is 3.56. The maximum absolute atomic E-state index is 12.5. The fraction of sp³-hybridized carbons (Fsp3) is 0.529. The van der Waals surface area contributed by atoms with Gasteiger partial charge < -0.3 is 0 Å². The van der Waals surface area contributed by atoms with Gasteiger partial charge in [0.05, 0.1) is 28.5 Å². The molecule has 0 radical (unpaired) electrons. The molecule has 3 rings (SSSR count). The summed E-state index contributed by atoms with van der Waals surface area (Å²) in [5.74, 6) is -0.175. The van der Waals surface area contributed by atoms with E-state index >= 15 is 0 Å². The quantitative estimate of drug-likeness (QED) is 0.776. The molecular formula is C17H20Cl2N2O2. The zero-order chi connectivity index (χ0) is 16.6. The van der Waals surface area contributed by atoms with Gasteiger partial charge in [0.2, 0.25) is 11.8 Å². The van der Waals surface area contributed by atoms with Crippen molar-refractivity contribution in [3.63, 3.8) is 0 Å². The molecule has 1 aliphatic carbocycles. The van der Waals surface area contributed by atoms with Crippen LogP contribution in [0.25, 0.3) is 0 Å². The maximum Gasteiger partial charge on any atom is 0.234 e. The molecule has 0 unspecified atom stereocenters. The molecule has 0 aromatic heterocycles. The Morgan fingerprint density at radius 2 is 1.70 bits per heavy atom. The minimum atomic E-state index is -0.0883. The highest BCUT2D eigenvalue weighted by molar-refractivity contribution is 6.42. The smallest absolute Gasteiger partial charge is 0.234 e. The first-order valence-electron chi connectivity index (χ1n) is 7.95. The minimum Gasteiger partial charge on any atom is -0.284 e. The lowest BCUT2D eigenvalue weighted by Gasteiger charge is -2.23. The van der Waals surface area contributed by atoms with Gasteiger partial charge in [-0.05, 0) is 37.6 Å². The van der Waals surface area contributed by atoms with E-state index in [4.69, 9.17) is 23.2 Å². The van der Waals surface area contributed by atoms with Gasteiger partial charge in [0, 0.05) is 6.54 Å². The van der Waals surface area contributed by atoms with Gasteiger partial charge >= 0.3 is 0 Å². The number of hydrogen-bond donors (Lipinski definition) is 0. The summed E-state index contributed by atoms with van der Waals surface area (Å²) in [6, 6.07) is 5.47. The van der Waals surface area contributed by atoms with E-state index < -0.39 is 0 Å². The number of fused-ring (bicyclic) bond motifs is 1. The highest BCUT2D eigenvalue weighted by Gasteiger charge is 2.48. The molecule has 0 spiro atoms. The number of hydrogen-bond acceptors (Lipinski definition) is 3. The van der Waals surface area contributed by atoms with Gasteiger partial charge in [-0.15, -0.1) is 0 Å². The molecule has 0 N–H and O–H groups in total. The summed E-state index contributed by atoms with van der Waals surface area (Å²) >= 11 is 11.9. The third kappa shape index (κ3) is 3.39. The number of carbonyl (C=O) groups is 2. The minimum absolute atomic E-state index is 0.000638. The molecule has 2 amide bonds. The molecule has 6 heteroatoms. The first kappa shape index (κ1) is 16.7. The summed E-state index contributed by atoms with van der Waals surface area (Å²) < 4.78 is 0. The van der Waals surface area contributed by atoms with E-state index in [1.165, 1.54) is 4.90 Å². The molecule has 1 aromatic rings. The lowest BCUT2D eigenvalue weighted by Crippen LogP contribution is -2.40. The Bertz CT molecular complexity index is 611. The van der Waals surface area contributed by atoms with E-state index in [0.717, 1.165) is 31.2 Å². The molecule has 1 heterocycles. The molecule has 4 nitrogen and oxygen atoms in total. The third-order valence-corrected chi connectivity index (χ3v) is 5.49. The molecule has 2 fully saturated rings. The Kier molecular flexibility index (Phi) is 4.95. The van der Waals surface area contributed by atoms with Crippen molar-refractivity contribution < 1.29 is 9.59 Å². The fourth-order valence-electron chi connectivity index (χ4n) is 3.61. The van der Waals surface area contributed by atoms with Gasteiger partial charge in [-0.1, -0.05) is 42.1 Å². The highest BCUT2D eigenvalue weighted by atomic mass is 35.5. The van der Waals surface area contributed by atoms with Gasteiger partial charge in [-0.25, -0.2) is 0 Å². The summed E-state index contributed by atoms with van der Waals surface area (Å²) in [7, 11) is 1.89. The topological polar surface area (TPSA) is 40.6 Å². The number of halogens is 2. The molecule has 1 aliphatic heterocycles. The van der Waals surface area contributed by atoms with Crippen molar-refractivity contribution in [3.8, 4) is 0 Å². The van der Waals surface area contributed by atoms with Crippen LogP contribution in [-0.2, 0) is 16.1 Å². The van der Waals surface area contributed by atoms with Crippen LogP contribution in [0.5, 0.6) is 0 Å². The molecule has 2 aliphatic rings. The van der Waals surface area contributed by atoms with Crippen LogP contribution in [0.15, 0.2) is 18.2 Å². The number of amides is 2. The second-order valence-corrected chi connectivity index (χ2v) is 7.32. The SMILES string of the molecule is CN(Cc1ccc(Cl)c(Cl)c1)CN1C(=O)[C@H]2CCCC[C@@H]2C1=O. The first-order chi connectivity index (χ1) is 11.0. The molecule has 1 aromatic carbocycles. The standard InChI is InChI=1S/C17H20Cl2N2O2/c1-20(9-11-6-7-14(18)15(19)8-11)10-21-16(22)12-4-2-3-5-13(12)17(21)23/h6-8,12-13H,2-5,9-10H2,1H3/t12-,13-/m0/s1. The average Bonchev–Trinajstić information content (AvgIpc) is 2.76. The van der Waals surface area contributed by atoms with Gasteiger partial charge in [-0.3, -0.25) is 19.4 Å². The Morgan fingerprint density at radius 1 is 1.09 bits per heavy atom. The van der Waals surface area contributed by atoms with E-state index in [-0.39, 0.29) is 23.7 Å². The summed E-state index contributed by atoms with van der Waals surface area (Å²) in [4.78, 5) is 28.3. The Labute approximate surface area is 146 Å². The lowest BCUT2D eigenvalue weighted by molar-refractivity contribution is -0.142. The molecule has 23 heavy (non-hydrogen) atoms. The molecule has 0 bridgehead atoms. The number of benzene rings is 1. The third-order valence-electron chi connectivity index (χ3n) is 4.75. The van der Waals surface area contributed by atoms with Crippen LogP contribution in [-0.4, -0.2) is 35.3 Å². The predicted molar refractivity (Wildman–Crippen MR) is 90.1 cm³/mol. The van der Waals surface area contributed by atoms with Crippen LogP contribution in [0, 0.1) is 11.8 Å². The van der Waals surface area contributed by atoms with Crippen molar-refractivity contribution in [2.24, 2.45) is 11.8 Å². The second-order valence-electron chi connectivity index (χ2n) is 6.51. The van der Waals surface area contributed by atoms with Crippen LogP contribution in [0.2, 0.25) is 10.0 Å². The van der Waals surface area contributed by atoms with Crippen molar-refractivity contribution in [2.45, 2.75) is 32.2 Å². The van der Waals surface area contributed by atoms with Gasteiger partial charge in [0.15, 0.2) is 0 Å². The fourth-order valence-corrected chi connectivity index (χ4v) is 3.93. The van der Waals surface area contributed by atoms with Gasteiger partial charge in [-0.2, -0.15) is 0 Å². The average molecular weight is 355 g/mol. The number of imide groups is 1. The summed E-state index contributed by atoms with van der Waals surface area (Å²) in [5, 5.41) is 1.03. The van der Waals surface area contributed by atoms with Crippen molar-refractivity contribution in [3.05, 3.63) is 33.8 Å². The van der Waals surface area contributed by atoms with Crippen LogP contribution >= 0.6 is 23.2 Å². The van der Waals surface area contributed by atoms with E-state index in [0.29, 0.717) is 23.3 Å². The van der Waals surface area contributed by atoms with E-state index in [9.17, 15) is 9.59 Å². The zero-order valence-corrected chi connectivity index (χ0v) is 14.6. The van der Waals surface area contributed by atoms with E-state index in [2.05, 4.69) is 0 Å². The Morgan fingerprint density at radius 3 is 2.26 bits per heavy atom. The molecule has 124 valence electrons. The van der Waals surface area contributed by atoms with Crippen molar-refractivity contribution >= 4 is 35.0 Å². The van der Waals surface area contributed by atoms with E-state index in [1.807, 2.05) is 24.1 Å². The van der Waals surface area contributed by atoms with Crippen molar-refractivity contribution in [2.75, 3.05) is 13.7 Å². The monoisotopic (exact) mass is 354 g/mol. The number of likely N-dealkylation sites (tertiary alicyclic amines) is 1. The van der Waals surface area contributed by atoms with Crippen LogP contribution in [0.3, 0.4) is 0 Å². The molecular weight excluding hydrogens is 335 g/mol. The summed E-state index contributed by atoms with van der Waals surface area (Å²) in [5.41, 5.74) is 0.999. The molecule has 1 saturated carbocycles. The van der Waals surface area contributed by atoms with Crippen molar-refractivity contribution in [1.82, 2.24) is 9.80 Å². The Balaban J connectivity index is 1.65. The normalized spacial score (nSPS) is 24.4. The first-order valence-corrected chi connectivity index (χ1v) is 8.70. The summed E-state index contributed by atoms with van der Waals surface area (Å²) in [6.45, 7) is 0.925. The lowest BCUT2D eigenvalue weighted by atomic mass is 9.81. The molecule has 1 saturated heterocycles. The van der Waals surface area contributed by atoms with Gasteiger partial charge in [0.25, 0.3) is 0 Å². The summed E-state index contributed by atoms with van der Waals surface area (Å²) in [6.07, 6.45) is 3.80. The second kappa shape index (κ2) is 6.80. The van der Waals surface area contributed by atoms with Crippen LogP contribution in [0.1, 0.15) is 31.2 Å². The van der Waals surface area contributed by atoms with Crippen LogP contribution in [0.4, 0.5) is 0 Å². The number of rotatable bonds is 4. The number of carbonyl (C=O) groups excluding carboxylic acids is 2. The largest absolute Gasteiger partial charge is 0.284 e. The molecule has 2 atom stereocenters. The Hall–Kier alpha value is -1.10. The van der Waals surface area contributed by atoms with Crippen LogP contribution < -0.4 is 0 Å². The van der Waals surface area contributed by atoms with E-state index in [1.54, 1.807) is 6.07 Å².